The zero-order valence-corrected chi connectivity index (χ0v) is 15.4. The molecule has 2 aliphatic carbocycles. The lowest BCUT2D eigenvalue weighted by Gasteiger charge is -2.57. The summed E-state index contributed by atoms with van der Waals surface area (Å²) in [7, 11) is 1.50. The van der Waals surface area contributed by atoms with Crippen LogP contribution in [0.3, 0.4) is 0 Å². The predicted octanol–water partition coefficient (Wildman–Crippen LogP) is 5.16. The Morgan fingerprint density at radius 3 is 2.83 bits per heavy atom. The number of aryl methyl sites for hydroxylation is 1. The standard InChI is InChI=1S/C21H30O3/c1-15-8-11-21(3)17(19(22)23-4)6-5-7-18(21)20(15,2)12-9-16-10-13-24-14-16/h6,10,13-15,18H,5,7-9,11-12H2,1-4H3/t15-,18+,20+,21+/m1/s1. The molecule has 0 N–H and O–H groups in total. The first-order valence-electron chi connectivity index (χ1n) is 9.22. The molecule has 1 fully saturated rings. The van der Waals surface area contributed by atoms with Gasteiger partial charge in [-0.3, -0.25) is 0 Å². The molecule has 3 nitrogen and oxygen atoms in total. The summed E-state index contributed by atoms with van der Waals surface area (Å²) in [6.07, 6.45) is 12.3. The molecule has 132 valence electrons. The van der Waals surface area contributed by atoms with E-state index < -0.39 is 0 Å². The average Bonchev–Trinajstić information content (AvgIpc) is 3.09. The minimum atomic E-state index is -0.131. The normalized spacial score (nSPS) is 35.9. The van der Waals surface area contributed by atoms with Crippen molar-refractivity contribution in [1.29, 1.82) is 0 Å². The Balaban J connectivity index is 1.89. The van der Waals surface area contributed by atoms with E-state index >= 15 is 0 Å². The van der Waals surface area contributed by atoms with Gasteiger partial charge in [0.25, 0.3) is 0 Å². The van der Waals surface area contributed by atoms with Crippen LogP contribution in [-0.4, -0.2) is 13.1 Å². The van der Waals surface area contributed by atoms with Gasteiger partial charge in [-0.1, -0.05) is 26.8 Å². The molecular weight excluding hydrogens is 300 g/mol. The van der Waals surface area contributed by atoms with Gasteiger partial charge in [0.15, 0.2) is 0 Å². The van der Waals surface area contributed by atoms with E-state index in [9.17, 15) is 4.79 Å². The highest BCUT2D eigenvalue weighted by Gasteiger charge is 2.55. The van der Waals surface area contributed by atoms with Gasteiger partial charge in [0.2, 0.25) is 0 Å². The number of rotatable bonds is 4. The smallest absolute Gasteiger partial charge is 0.333 e. The van der Waals surface area contributed by atoms with Crippen LogP contribution in [0.1, 0.15) is 58.4 Å². The van der Waals surface area contributed by atoms with Gasteiger partial charge in [0.05, 0.1) is 19.6 Å². The minimum absolute atomic E-state index is 0.0526. The number of carbonyl (C=O) groups is 1. The molecule has 0 aromatic carbocycles. The number of ether oxygens (including phenoxy) is 1. The van der Waals surface area contributed by atoms with Crippen LogP contribution in [0.2, 0.25) is 0 Å². The highest BCUT2D eigenvalue weighted by atomic mass is 16.5. The number of allylic oxidation sites excluding steroid dienone is 1. The van der Waals surface area contributed by atoms with Crippen LogP contribution in [0.5, 0.6) is 0 Å². The van der Waals surface area contributed by atoms with Gasteiger partial charge in [-0.25, -0.2) is 4.79 Å². The third-order valence-electron chi connectivity index (χ3n) is 7.14. The maximum absolute atomic E-state index is 12.4. The largest absolute Gasteiger partial charge is 0.472 e. The Labute approximate surface area is 145 Å². The van der Waals surface area contributed by atoms with Crippen molar-refractivity contribution in [1.82, 2.24) is 0 Å². The average molecular weight is 330 g/mol. The van der Waals surface area contributed by atoms with Gasteiger partial charge in [-0.2, -0.15) is 0 Å². The second-order valence-corrected chi connectivity index (χ2v) is 8.23. The number of hydrogen-bond donors (Lipinski definition) is 0. The number of carbonyl (C=O) groups excluding carboxylic acids is 1. The Kier molecular flexibility index (Phi) is 4.63. The predicted molar refractivity (Wildman–Crippen MR) is 94.5 cm³/mol. The highest BCUT2D eigenvalue weighted by molar-refractivity contribution is 5.90. The van der Waals surface area contributed by atoms with E-state index in [1.807, 2.05) is 6.26 Å². The topological polar surface area (TPSA) is 39.4 Å². The van der Waals surface area contributed by atoms with E-state index in [4.69, 9.17) is 9.15 Å². The minimum Gasteiger partial charge on any atom is -0.472 e. The van der Waals surface area contributed by atoms with Gasteiger partial charge >= 0.3 is 5.97 Å². The van der Waals surface area contributed by atoms with Crippen LogP contribution in [0.4, 0.5) is 0 Å². The van der Waals surface area contributed by atoms with Gasteiger partial charge < -0.3 is 9.15 Å². The molecule has 24 heavy (non-hydrogen) atoms. The summed E-state index contributed by atoms with van der Waals surface area (Å²) >= 11 is 0. The van der Waals surface area contributed by atoms with Crippen LogP contribution < -0.4 is 0 Å². The SMILES string of the molecule is COC(=O)C1=CCC[C@H]2[C@@](C)(CCc3ccoc3)[C@H](C)CC[C@@]12C. The maximum Gasteiger partial charge on any atom is 0.333 e. The van der Waals surface area contributed by atoms with Crippen molar-refractivity contribution < 1.29 is 13.9 Å². The lowest BCUT2D eigenvalue weighted by molar-refractivity contribution is -0.140. The maximum atomic E-state index is 12.4. The molecule has 3 rings (SSSR count). The fourth-order valence-corrected chi connectivity index (χ4v) is 5.39. The van der Waals surface area contributed by atoms with Crippen LogP contribution >= 0.6 is 0 Å². The van der Waals surface area contributed by atoms with Crippen molar-refractivity contribution in [3.63, 3.8) is 0 Å². The zero-order chi connectivity index (χ0) is 17.4. The summed E-state index contributed by atoms with van der Waals surface area (Å²) < 4.78 is 10.3. The van der Waals surface area contributed by atoms with Crippen LogP contribution in [0.25, 0.3) is 0 Å². The molecule has 0 unspecified atom stereocenters. The van der Waals surface area contributed by atoms with Crippen LogP contribution in [-0.2, 0) is 16.0 Å². The lowest BCUT2D eigenvalue weighted by Crippen LogP contribution is -2.51. The number of fused-ring (bicyclic) bond motifs is 1. The first-order chi connectivity index (χ1) is 11.4. The lowest BCUT2D eigenvalue weighted by atomic mass is 9.46. The fourth-order valence-electron chi connectivity index (χ4n) is 5.39. The highest BCUT2D eigenvalue weighted by Crippen LogP contribution is 2.61. The van der Waals surface area contributed by atoms with E-state index in [1.165, 1.54) is 25.5 Å². The van der Waals surface area contributed by atoms with Crippen molar-refractivity contribution in [3.05, 3.63) is 35.8 Å². The molecule has 2 aliphatic rings. The molecule has 0 saturated heterocycles. The zero-order valence-electron chi connectivity index (χ0n) is 15.4. The van der Waals surface area contributed by atoms with Gasteiger partial charge in [0, 0.05) is 11.0 Å². The first-order valence-corrected chi connectivity index (χ1v) is 9.22. The molecule has 1 saturated carbocycles. The molecule has 1 aromatic rings. The number of hydrogen-bond acceptors (Lipinski definition) is 3. The van der Waals surface area contributed by atoms with E-state index in [0.717, 1.165) is 31.3 Å². The summed E-state index contributed by atoms with van der Waals surface area (Å²) in [4.78, 5) is 12.4. The third-order valence-corrected chi connectivity index (χ3v) is 7.14. The Morgan fingerprint density at radius 2 is 2.17 bits per heavy atom. The van der Waals surface area contributed by atoms with Gasteiger partial charge in [-0.15, -0.1) is 0 Å². The Hall–Kier alpha value is -1.51. The fraction of sp³-hybridized carbons (Fsp3) is 0.667. The van der Waals surface area contributed by atoms with Crippen molar-refractivity contribution in [2.24, 2.45) is 22.7 Å². The molecule has 4 atom stereocenters. The molecule has 0 radical (unpaired) electrons. The molecule has 0 aliphatic heterocycles. The van der Waals surface area contributed by atoms with E-state index in [1.54, 1.807) is 6.26 Å². The van der Waals surface area contributed by atoms with E-state index in [-0.39, 0.29) is 16.8 Å². The quantitative estimate of drug-likeness (QED) is 0.715. The molecule has 0 bridgehead atoms. The first kappa shape index (κ1) is 17.3. The number of esters is 1. The summed E-state index contributed by atoms with van der Waals surface area (Å²) in [5.74, 6) is 1.06. The molecule has 0 amide bonds. The summed E-state index contributed by atoms with van der Waals surface area (Å²) in [6.45, 7) is 7.13. The molecule has 0 spiro atoms. The van der Waals surface area contributed by atoms with Crippen molar-refractivity contribution >= 4 is 5.97 Å². The summed E-state index contributed by atoms with van der Waals surface area (Å²) in [5.41, 5.74) is 2.37. The summed E-state index contributed by atoms with van der Waals surface area (Å²) in [5, 5.41) is 0. The van der Waals surface area contributed by atoms with E-state index in [0.29, 0.717) is 11.8 Å². The second kappa shape index (κ2) is 6.42. The molecule has 1 aromatic heterocycles. The number of furan rings is 1. The Morgan fingerprint density at radius 1 is 1.38 bits per heavy atom. The van der Waals surface area contributed by atoms with Gasteiger partial charge in [0.1, 0.15) is 0 Å². The second-order valence-electron chi connectivity index (χ2n) is 8.23. The molecule has 1 heterocycles. The van der Waals surface area contributed by atoms with Crippen molar-refractivity contribution in [2.45, 2.75) is 59.3 Å². The molecule has 3 heteroatoms. The number of methoxy groups -OCH3 is 1. The van der Waals surface area contributed by atoms with Crippen molar-refractivity contribution in [3.8, 4) is 0 Å². The monoisotopic (exact) mass is 330 g/mol. The third kappa shape index (κ3) is 2.72. The van der Waals surface area contributed by atoms with Gasteiger partial charge in [-0.05, 0) is 67.4 Å². The van der Waals surface area contributed by atoms with Crippen LogP contribution in [0, 0.1) is 22.7 Å². The summed E-state index contributed by atoms with van der Waals surface area (Å²) in [6, 6.07) is 2.07. The van der Waals surface area contributed by atoms with E-state index in [2.05, 4.69) is 32.9 Å². The van der Waals surface area contributed by atoms with Crippen molar-refractivity contribution in [2.75, 3.05) is 7.11 Å². The Bertz CT molecular complexity index is 615. The molecular formula is C21H30O3. The van der Waals surface area contributed by atoms with Crippen LogP contribution in [0.15, 0.2) is 34.7 Å².